The molecule has 0 bridgehead atoms. The summed E-state index contributed by atoms with van der Waals surface area (Å²) in [6, 6.07) is 6.64. The van der Waals surface area contributed by atoms with Crippen molar-refractivity contribution in [3.8, 4) is 11.5 Å². The lowest BCUT2D eigenvalue weighted by Gasteiger charge is -2.23. The van der Waals surface area contributed by atoms with Gasteiger partial charge in [0.1, 0.15) is 5.82 Å². The Balaban J connectivity index is 1.71. The Labute approximate surface area is 118 Å². The summed E-state index contributed by atoms with van der Waals surface area (Å²) in [5.74, 6) is 2.61. The molecule has 2 aliphatic rings. The number of fused-ring (bicyclic) bond motifs is 2. The van der Waals surface area contributed by atoms with Crippen LogP contribution in [0.4, 0.5) is 5.82 Å². The summed E-state index contributed by atoms with van der Waals surface area (Å²) in [7, 11) is 0. The number of benzene rings is 1. The Bertz CT molecular complexity index is 636. The molecule has 1 aromatic carbocycles. The van der Waals surface area contributed by atoms with Gasteiger partial charge in [-0.25, -0.2) is 4.98 Å². The van der Waals surface area contributed by atoms with E-state index in [1.54, 1.807) is 0 Å². The van der Waals surface area contributed by atoms with E-state index in [1.807, 2.05) is 24.4 Å². The Morgan fingerprint density at radius 1 is 1.05 bits per heavy atom. The van der Waals surface area contributed by atoms with Gasteiger partial charge in [0.2, 0.25) is 6.79 Å². The first-order valence-corrected chi connectivity index (χ1v) is 7.35. The van der Waals surface area contributed by atoms with Gasteiger partial charge in [0.05, 0.1) is 0 Å². The van der Waals surface area contributed by atoms with Crippen LogP contribution in [0.2, 0.25) is 0 Å². The summed E-state index contributed by atoms with van der Waals surface area (Å²) >= 11 is 0. The minimum Gasteiger partial charge on any atom is -0.454 e. The smallest absolute Gasteiger partial charge is 0.231 e. The van der Waals surface area contributed by atoms with E-state index in [1.165, 1.54) is 32.1 Å². The van der Waals surface area contributed by atoms with Crippen LogP contribution >= 0.6 is 0 Å². The standard InChI is InChI=1S/C16H18N2O2/c1-2-4-12(5-3-1)18-16-13-9-15-14(19-10-20-15)8-11(13)6-7-17-16/h6-9,12H,1-5,10H2,(H,17,18). The van der Waals surface area contributed by atoms with E-state index >= 15 is 0 Å². The second-order valence-corrected chi connectivity index (χ2v) is 5.57. The van der Waals surface area contributed by atoms with E-state index < -0.39 is 0 Å². The summed E-state index contributed by atoms with van der Waals surface area (Å²) in [5.41, 5.74) is 0. The van der Waals surface area contributed by atoms with Crippen molar-refractivity contribution in [1.82, 2.24) is 4.98 Å². The third-order valence-corrected chi connectivity index (χ3v) is 4.20. The second-order valence-electron chi connectivity index (χ2n) is 5.57. The molecular weight excluding hydrogens is 252 g/mol. The number of ether oxygens (including phenoxy) is 2. The van der Waals surface area contributed by atoms with Crippen LogP contribution in [0.1, 0.15) is 32.1 Å². The van der Waals surface area contributed by atoms with Gasteiger partial charge in [0.25, 0.3) is 0 Å². The number of hydrogen-bond donors (Lipinski definition) is 1. The van der Waals surface area contributed by atoms with Crippen LogP contribution in [0.25, 0.3) is 10.8 Å². The first kappa shape index (κ1) is 11.8. The van der Waals surface area contributed by atoms with Crippen molar-refractivity contribution >= 4 is 16.6 Å². The minimum atomic E-state index is 0.310. The van der Waals surface area contributed by atoms with Crippen molar-refractivity contribution in [1.29, 1.82) is 0 Å². The molecular formula is C16H18N2O2. The van der Waals surface area contributed by atoms with Gasteiger partial charge in [-0.1, -0.05) is 19.3 Å². The van der Waals surface area contributed by atoms with Gasteiger partial charge in [0.15, 0.2) is 11.5 Å². The second kappa shape index (κ2) is 4.85. The summed E-state index contributed by atoms with van der Waals surface area (Å²) in [6.45, 7) is 0.310. The summed E-state index contributed by atoms with van der Waals surface area (Å²) in [6.07, 6.45) is 8.32. The van der Waals surface area contributed by atoms with Crippen LogP contribution in [-0.4, -0.2) is 17.8 Å². The van der Waals surface area contributed by atoms with Gasteiger partial charge in [-0.2, -0.15) is 0 Å². The van der Waals surface area contributed by atoms with E-state index in [0.717, 1.165) is 28.1 Å². The Hall–Kier alpha value is -1.97. The maximum absolute atomic E-state index is 5.47. The van der Waals surface area contributed by atoms with Crippen LogP contribution in [0.15, 0.2) is 24.4 Å². The van der Waals surface area contributed by atoms with Crippen molar-refractivity contribution in [3.63, 3.8) is 0 Å². The SMILES string of the molecule is c1cc2cc3c(cc2c(NC2CCCCC2)n1)OCO3. The highest BCUT2D eigenvalue weighted by molar-refractivity contribution is 5.94. The van der Waals surface area contributed by atoms with Crippen molar-refractivity contribution in [2.75, 3.05) is 12.1 Å². The fourth-order valence-electron chi connectivity index (χ4n) is 3.12. The zero-order chi connectivity index (χ0) is 13.4. The monoisotopic (exact) mass is 270 g/mol. The van der Waals surface area contributed by atoms with E-state index in [4.69, 9.17) is 9.47 Å². The third-order valence-electron chi connectivity index (χ3n) is 4.20. The van der Waals surface area contributed by atoms with Crippen LogP contribution < -0.4 is 14.8 Å². The van der Waals surface area contributed by atoms with Crippen LogP contribution in [0.3, 0.4) is 0 Å². The van der Waals surface area contributed by atoms with E-state index in [0.29, 0.717) is 12.8 Å². The number of hydrogen-bond acceptors (Lipinski definition) is 4. The largest absolute Gasteiger partial charge is 0.454 e. The molecule has 0 radical (unpaired) electrons. The lowest BCUT2D eigenvalue weighted by atomic mass is 9.95. The molecule has 4 rings (SSSR count). The number of nitrogens with one attached hydrogen (secondary N) is 1. The normalized spacial score (nSPS) is 18.4. The highest BCUT2D eigenvalue weighted by Gasteiger charge is 2.18. The number of aromatic nitrogens is 1. The number of anilines is 1. The molecule has 0 unspecified atom stereocenters. The molecule has 1 aliphatic carbocycles. The molecule has 1 fully saturated rings. The summed E-state index contributed by atoms with van der Waals surface area (Å²) in [5, 5.41) is 5.86. The lowest BCUT2D eigenvalue weighted by Crippen LogP contribution is -2.22. The first-order chi connectivity index (χ1) is 9.90. The van der Waals surface area contributed by atoms with Gasteiger partial charge in [-0.3, -0.25) is 0 Å². The van der Waals surface area contributed by atoms with Crippen molar-refractivity contribution in [3.05, 3.63) is 24.4 Å². The van der Waals surface area contributed by atoms with E-state index in [2.05, 4.69) is 10.3 Å². The quantitative estimate of drug-likeness (QED) is 0.903. The van der Waals surface area contributed by atoms with Gasteiger partial charge < -0.3 is 14.8 Å². The molecule has 4 nitrogen and oxygen atoms in total. The first-order valence-electron chi connectivity index (χ1n) is 7.35. The molecule has 4 heteroatoms. The molecule has 2 heterocycles. The molecule has 1 saturated carbocycles. The van der Waals surface area contributed by atoms with Crippen LogP contribution in [0.5, 0.6) is 11.5 Å². The molecule has 0 saturated heterocycles. The third kappa shape index (κ3) is 2.05. The summed E-state index contributed by atoms with van der Waals surface area (Å²) in [4.78, 5) is 4.52. The molecule has 1 aliphatic heterocycles. The highest BCUT2D eigenvalue weighted by atomic mass is 16.7. The van der Waals surface area contributed by atoms with Gasteiger partial charge in [-0.05, 0) is 36.4 Å². The van der Waals surface area contributed by atoms with Crippen LogP contribution in [0, 0.1) is 0 Å². The topological polar surface area (TPSA) is 43.4 Å². The number of nitrogens with zero attached hydrogens (tertiary/aromatic N) is 1. The predicted molar refractivity (Wildman–Crippen MR) is 78.4 cm³/mol. The molecule has 20 heavy (non-hydrogen) atoms. The molecule has 0 atom stereocenters. The molecule has 2 aromatic rings. The van der Waals surface area contributed by atoms with Gasteiger partial charge in [0, 0.05) is 17.6 Å². The Morgan fingerprint density at radius 3 is 2.70 bits per heavy atom. The van der Waals surface area contributed by atoms with Crippen molar-refractivity contribution in [2.24, 2.45) is 0 Å². The molecule has 1 aromatic heterocycles. The lowest BCUT2D eigenvalue weighted by molar-refractivity contribution is 0.174. The summed E-state index contributed by atoms with van der Waals surface area (Å²) < 4.78 is 10.9. The van der Waals surface area contributed by atoms with Gasteiger partial charge in [-0.15, -0.1) is 0 Å². The van der Waals surface area contributed by atoms with E-state index in [-0.39, 0.29) is 0 Å². The van der Waals surface area contributed by atoms with Gasteiger partial charge >= 0.3 is 0 Å². The molecule has 0 spiro atoms. The molecule has 0 amide bonds. The van der Waals surface area contributed by atoms with Crippen molar-refractivity contribution < 1.29 is 9.47 Å². The Kier molecular flexibility index (Phi) is 2.87. The fraction of sp³-hybridized carbons (Fsp3) is 0.438. The zero-order valence-electron chi connectivity index (χ0n) is 11.4. The van der Waals surface area contributed by atoms with Crippen molar-refractivity contribution in [2.45, 2.75) is 38.1 Å². The van der Waals surface area contributed by atoms with E-state index in [9.17, 15) is 0 Å². The predicted octanol–water partition coefficient (Wildman–Crippen LogP) is 3.71. The zero-order valence-corrected chi connectivity index (χ0v) is 11.4. The molecule has 1 N–H and O–H groups in total. The number of pyridine rings is 1. The maximum atomic E-state index is 5.47. The average Bonchev–Trinajstić information content (AvgIpc) is 2.94. The van der Waals surface area contributed by atoms with Crippen LogP contribution in [-0.2, 0) is 0 Å². The number of rotatable bonds is 2. The Morgan fingerprint density at radius 2 is 1.85 bits per heavy atom. The highest BCUT2D eigenvalue weighted by Crippen LogP contribution is 2.38. The molecule has 104 valence electrons. The minimum absolute atomic E-state index is 0.310. The average molecular weight is 270 g/mol. The fourth-order valence-corrected chi connectivity index (χ4v) is 3.12. The maximum Gasteiger partial charge on any atom is 0.231 e.